The molecule has 180 valence electrons. The Morgan fingerprint density at radius 2 is 1.88 bits per heavy atom. The second kappa shape index (κ2) is 8.73. The van der Waals surface area contributed by atoms with Crippen molar-refractivity contribution in [2.75, 3.05) is 25.0 Å². The van der Waals surface area contributed by atoms with Gasteiger partial charge in [-0.05, 0) is 42.2 Å². The van der Waals surface area contributed by atoms with Gasteiger partial charge in [-0.1, -0.05) is 38.1 Å². The molecule has 2 aromatic carbocycles. The zero-order chi connectivity index (χ0) is 24.7. The summed E-state index contributed by atoms with van der Waals surface area (Å²) in [5.41, 5.74) is 0.376. The molecule has 0 radical (unpaired) electrons. The van der Waals surface area contributed by atoms with Crippen LogP contribution >= 0.6 is 0 Å². The van der Waals surface area contributed by atoms with Crippen LogP contribution in [0.5, 0.6) is 5.75 Å². The summed E-state index contributed by atoms with van der Waals surface area (Å²) in [7, 11) is -3.82. The molecule has 11 heteroatoms. The van der Waals surface area contributed by atoms with Crippen molar-refractivity contribution >= 4 is 33.6 Å². The summed E-state index contributed by atoms with van der Waals surface area (Å²) in [6.45, 7) is 3.35. The summed E-state index contributed by atoms with van der Waals surface area (Å²) in [5.74, 6) is -1.61. The number of sulfonamides is 1. The first-order chi connectivity index (χ1) is 16.1. The lowest BCUT2D eigenvalue weighted by Gasteiger charge is -2.22. The fourth-order valence-corrected chi connectivity index (χ4v) is 6.04. The molecule has 0 aromatic heterocycles. The van der Waals surface area contributed by atoms with Crippen LogP contribution in [0.4, 0.5) is 10.5 Å². The van der Waals surface area contributed by atoms with Crippen molar-refractivity contribution in [2.24, 2.45) is 0 Å². The molecule has 1 fully saturated rings. The Morgan fingerprint density at radius 3 is 2.59 bits per heavy atom. The predicted molar refractivity (Wildman–Crippen MR) is 124 cm³/mol. The number of phenols is 1. The highest BCUT2D eigenvalue weighted by atomic mass is 32.2. The van der Waals surface area contributed by atoms with Crippen molar-refractivity contribution < 1.29 is 27.9 Å². The van der Waals surface area contributed by atoms with Crippen LogP contribution in [0.1, 0.15) is 31.4 Å². The highest BCUT2D eigenvalue weighted by molar-refractivity contribution is 7.89. The van der Waals surface area contributed by atoms with Gasteiger partial charge in [0.25, 0.3) is 5.91 Å². The predicted octanol–water partition coefficient (Wildman–Crippen LogP) is 1.75. The fourth-order valence-electron chi connectivity index (χ4n) is 4.55. The van der Waals surface area contributed by atoms with E-state index in [0.717, 1.165) is 22.1 Å². The van der Waals surface area contributed by atoms with Gasteiger partial charge in [0.05, 0.1) is 10.6 Å². The van der Waals surface area contributed by atoms with Crippen LogP contribution in [0.2, 0.25) is 0 Å². The number of nitrogens with zero attached hydrogens (tertiary/aromatic N) is 2. The second-order valence-corrected chi connectivity index (χ2v) is 10.1. The average molecular weight is 487 g/mol. The molecule has 2 aliphatic rings. The molecule has 1 aliphatic heterocycles. The van der Waals surface area contributed by atoms with E-state index in [2.05, 4.69) is 10.6 Å². The van der Waals surface area contributed by atoms with Crippen LogP contribution in [0.3, 0.4) is 0 Å². The van der Waals surface area contributed by atoms with Gasteiger partial charge < -0.3 is 15.7 Å². The Bertz CT molecular complexity index is 1270. The monoisotopic (exact) mass is 486 g/mol. The number of fused-ring (bicyclic) bond motifs is 2. The van der Waals surface area contributed by atoms with Crippen molar-refractivity contribution in [3.8, 4) is 5.75 Å². The van der Waals surface area contributed by atoms with Crippen LogP contribution in [0, 0.1) is 0 Å². The van der Waals surface area contributed by atoms with E-state index in [1.54, 1.807) is 26.0 Å². The lowest BCUT2D eigenvalue weighted by molar-refractivity contribution is -0.134. The van der Waals surface area contributed by atoms with E-state index in [1.165, 1.54) is 16.4 Å². The van der Waals surface area contributed by atoms with Gasteiger partial charge in [-0.15, -0.1) is 0 Å². The Morgan fingerprint density at radius 1 is 1.18 bits per heavy atom. The molecular weight excluding hydrogens is 460 g/mol. The standard InChI is InChI=1S/C23H26N4O6S/c1-3-26(4-2)34(32,33)16-9-10-19(28)18(13-16)24-20(29)14-27-21(30)23(25-22(27)31)12-11-15-7-5-6-8-17(15)23/h5-10,13,28H,3-4,11-12,14H2,1-2H3,(H,24,29)(H,25,31). The zero-order valence-corrected chi connectivity index (χ0v) is 19.7. The molecule has 0 saturated carbocycles. The quantitative estimate of drug-likeness (QED) is 0.403. The minimum Gasteiger partial charge on any atom is -0.506 e. The number of hydrogen-bond acceptors (Lipinski definition) is 6. The van der Waals surface area contributed by atoms with E-state index in [4.69, 9.17) is 0 Å². The third-order valence-corrected chi connectivity index (χ3v) is 8.36. The number of rotatable bonds is 7. The Kier molecular flexibility index (Phi) is 6.09. The molecule has 34 heavy (non-hydrogen) atoms. The fraction of sp³-hybridized carbons (Fsp3) is 0.348. The summed E-state index contributed by atoms with van der Waals surface area (Å²) < 4.78 is 26.8. The van der Waals surface area contributed by atoms with E-state index in [1.807, 2.05) is 12.1 Å². The number of anilines is 1. The van der Waals surface area contributed by atoms with Crippen LogP contribution in [0.25, 0.3) is 0 Å². The minimum atomic E-state index is -3.82. The smallest absolute Gasteiger partial charge is 0.325 e. The molecule has 1 unspecified atom stereocenters. The molecule has 0 bridgehead atoms. The molecule has 10 nitrogen and oxygen atoms in total. The number of aryl methyl sites for hydroxylation is 1. The first-order valence-corrected chi connectivity index (χ1v) is 12.4. The lowest BCUT2D eigenvalue weighted by Crippen LogP contribution is -2.43. The third-order valence-electron chi connectivity index (χ3n) is 6.31. The molecule has 1 spiro atoms. The summed E-state index contributed by atoms with van der Waals surface area (Å²) in [6, 6.07) is 10.3. The van der Waals surface area contributed by atoms with E-state index >= 15 is 0 Å². The van der Waals surface area contributed by atoms with Gasteiger partial charge >= 0.3 is 6.03 Å². The minimum absolute atomic E-state index is 0.0965. The second-order valence-electron chi connectivity index (χ2n) is 8.20. The van der Waals surface area contributed by atoms with Crippen LogP contribution in [-0.4, -0.2) is 60.2 Å². The number of benzene rings is 2. The van der Waals surface area contributed by atoms with E-state index < -0.39 is 40.0 Å². The zero-order valence-electron chi connectivity index (χ0n) is 18.9. The van der Waals surface area contributed by atoms with Crippen LogP contribution in [-0.2, 0) is 31.6 Å². The number of nitrogens with one attached hydrogen (secondary N) is 2. The number of urea groups is 1. The Labute approximate surface area is 197 Å². The van der Waals surface area contributed by atoms with Gasteiger partial charge in [0, 0.05) is 13.1 Å². The number of amides is 4. The topological polar surface area (TPSA) is 136 Å². The molecule has 2 aromatic rings. The first kappa shape index (κ1) is 23.7. The average Bonchev–Trinajstić information content (AvgIpc) is 3.29. The van der Waals surface area contributed by atoms with E-state index in [9.17, 15) is 27.9 Å². The van der Waals surface area contributed by atoms with E-state index in [-0.39, 0.29) is 29.4 Å². The summed E-state index contributed by atoms with van der Waals surface area (Å²) >= 11 is 0. The van der Waals surface area contributed by atoms with Crippen molar-refractivity contribution in [2.45, 2.75) is 37.1 Å². The SMILES string of the molecule is CCN(CC)S(=O)(=O)c1ccc(O)c(NC(=O)CN2C(=O)NC3(CCc4ccccc43)C2=O)c1. The first-order valence-electron chi connectivity index (χ1n) is 11.0. The highest BCUT2D eigenvalue weighted by Gasteiger charge is 2.55. The molecule has 4 amide bonds. The number of carbonyl (C=O) groups is 3. The van der Waals surface area contributed by atoms with E-state index in [0.29, 0.717) is 12.8 Å². The molecule has 1 aliphatic carbocycles. The largest absolute Gasteiger partial charge is 0.506 e. The molecular formula is C23H26N4O6S. The Hall–Kier alpha value is -3.44. The molecule has 1 heterocycles. The van der Waals surface area contributed by atoms with Crippen molar-refractivity contribution in [1.29, 1.82) is 0 Å². The van der Waals surface area contributed by atoms with Crippen LogP contribution in [0.15, 0.2) is 47.4 Å². The molecule has 1 saturated heterocycles. The summed E-state index contributed by atoms with van der Waals surface area (Å²) in [5, 5.41) is 15.3. The molecule has 4 rings (SSSR count). The Balaban J connectivity index is 1.53. The number of hydrogen-bond donors (Lipinski definition) is 3. The summed E-state index contributed by atoms with van der Waals surface area (Å²) in [6.07, 6.45) is 1.03. The van der Waals surface area contributed by atoms with Gasteiger partial charge in [0.1, 0.15) is 17.8 Å². The van der Waals surface area contributed by atoms with Crippen LogP contribution < -0.4 is 10.6 Å². The van der Waals surface area contributed by atoms with Gasteiger partial charge in [-0.3, -0.25) is 14.5 Å². The third kappa shape index (κ3) is 3.80. The molecule has 3 N–H and O–H groups in total. The van der Waals surface area contributed by atoms with Gasteiger partial charge in [0.2, 0.25) is 15.9 Å². The van der Waals surface area contributed by atoms with Gasteiger partial charge in [-0.2, -0.15) is 4.31 Å². The number of phenolic OH excluding ortho intramolecular Hbond substituents is 1. The molecule has 1 atom stereocenters. The maximum atomic E-state index is 13.2. The number of carbonyl (C=O) groups excluding carboxylic acids is 3. The van der Waals surface area contributed by atoms with Crippen molar-refractivity contribution in [3.05, 3.63) is 53.6 Å². The lowest BCUT2D eigenvalue weighted by atomic mass is 9.92. The van der Waals surface area contributed by atoms with Gasteiger partial charge in [0.15, 0.2) is 0 Å². The van der Waals surface area contributed by atoms with Gasteiger partial charge in [-0.25, -0.2) is 13.2 Å². The van der Waals surface area contributed by atoms with Crippen molar-refractivity contribution in [3.63, 3.8) is 0 Å². The van der Waals surface area contributed by atoms with Crippen molar-refractivity contribution in [1.82, 2.24) is 14.5 Å². The highest BCUT2D eigenvalue weighted by Crippen LogP contribution is 2.41. The number of aromatic hydroxyl groups is 1. The normalized spacial score (nSPS) is 19.6. The maximum absolute atomic E-state index is 13.2. The maximum Gasteiger partial charge on any atom is 0.325 e. The number of imide groups is 1. The summed E-state index contributed by atoms with van der Waals surface area (Å²) in [4.78, 5) is 39.3.